The van der Waals surface area contributed by atoms with Gasteiger partial charge in [-0.05, 0) is 54.5 Å². The Bertz CT molecular complexity index is 821. The minimum Gasteiger partial charge on any atom is -0.324 e. The number of terminal acetylenes is 1. The number of rotatable bonds is 4. The summed E-state index contributed by atoms with van der Waals surface area (Å²) in [5.41, 5.74) is 1.19. The van der Waals surface area contributed by atoms with Gasteiger partial charge in [0.25, 0.3) is 0 Å². The van der Waals surface area contributed by atoms with Gasteiger partial charge in [-0.25, -0.2) is 8.78 Å². The number of nitrogens with one attached hydrogen (secondary N) is 2. The van der Waals surface area contributed by atoms with Crippen LogP contribution in [0.1, 0.15) is 5.82 Å². The van der Waals surface area contributed by atoms with Crippen LogP contribution in [0.25, 0.3) is 0 Å². The van der Waals surface area contributed by atoms with Gasteiger partial charge in [0.2, 0.25) is 17.7 Å². The molecule has 0 fully saturated rings. The van der Waals surface area contributed by atoms with Gasteiger partial charge in [-0.2, -0.15) is 15.0 Å². The average molecular weight is 323 g/mol. The highest BCUT2D eigenvalue weighted by Crippen LogP contribution is 2.17. The molecule has 0 aliphatic carbocycles. The van der Waals surface area contributed by atoms with Crippen LogP contribution < -0.4 is 10.6 Å². The zero-order valence-electron chi connectivity index (χ0n) is 12.3. The summed E-state index contributed by atoms with van der Waals surface area (Å²) in [7, 11) is 0. The van der Waals surface area contributed by atoms with E-state index in [4.69, 9.17) is 6.42 Å². The highest BCUT2D eigenvalue weighted by molar-refractivity contribution is 5.57. The summed E-state index contributed by atoms with van der Waals surface area (Å²) in [5.74, 6) is 2.17. The van der Waals surface area contributed by atoms with E-state index >= 15 is 0 Å². The van der Waals surface area contributed by atoms with Crippen LogP contribution in [0, 0.1) is 24.0 Å². The van der Waals surface area contributed by atoms with Crippen LogP contribution in [0.2, 0.25) is 0 Å². The molecule has 5 nitrogen and oxygen atoms in total. The Morgan fingerprint density at radius 1 is 0.708 bits per heavy atom. The molecule has 24 heavy (non-hydrogen) atoms. The number of anilines is 4. The second-order valence-corrected chi connectivity index (χ2v) is 4.71. The lowest BCUT2D eigenvalue weighted by atomic mass is 10.3. The molecule has 2 aromatic carbocycles. The van der Waals surface area contributed by atoms with E-state index in [0.29, 0.717) is 11.4 Å². The topological polar surface area (TPSA) is 62.7 Å². The highest BCUT2D eigenvalue weighted by atomic mass is 19.1. The fourth-order valence-electron chi connectivity index (χ4n) is 1.88. The lowest BCUT2D eigenvalue weighted by molar-refractivity contribution is 0.627. The van der Waals surface area contributed by atoms with Gasteiger partial charge in [0, 0.05) is 11.4 Å². The van der Waals surface area contributed by atoms with Crippen molar-refractivity contribution in [2.75, 3.05) is 10.6 Å². The normalized spacial score (nSPS) is 10.0. The minimum absolute atomic E-state index is 0.124. The minimum atomic E-state index is -0.348. The highest BCUT2D eigenvalue weighted by Gasteiger charge is 2.06. The Morgan fingerprint density at radius 3 is 1.50 bits per heavy atom. The van der Waals surface area contributed by atoms with Crippen molar-refractivity contribution in [3.05, 3.63) is 66.0 Å². The summed E-state index contributed by atoms with van der Waals surface area (Å²) in [6.07, 6.45) is 5.36. The van der Waals surface area contributed by atoms with E-state index < -0.39 is 0 Å². The molecule has 0 radical (unpaired) electrons. The molecule has 1 aromatic heterocycles. The third-order valence-electron chi connectivity index (χ3n) is 2.97. The Kier molecular flexibility index (Phi) is 4.29. The van der Waals surface area contributed by atoms with E-state index in [9.17, 15) is 8.78 Å². The van der Waals surface area contributed by atoms with Crippen LogP contribution in [0.4, 0.5) is 32.1 Å². The molecule has 0 saturated carbocycles. The van der Waals surface area contributed by atoms with Gasteiger partial charge in [-0.3, -0.25) is 0 Å². The number of aromatic nitrogens is 3. The van der Waals surface area contributed by atoms with Crippen molar-refractivity contribution in [3.8, 4) is 12.3 Å². The lowest BCUT2D eigenvalue weighted by Crippen LogP contribution is -2.06. The second-order valence-electron chi connectivity index (χ2n) is 4.71. The molecule has 0 atom stereocenters. The first-order valence-electron chi connectivity index (χ1n) is 6.90. The first-order chi connectivity index (χ1) is 11.6. The maximum atomic E-state index is 12.9. The molecular formula is C17H11F2N5. The molecule has 118 valence electrons. The van der Waals surface area contributed by atoms with Crippen LogP contribution in [0.15, 0.2) is 48.5 Å². The van der Waals surface area contributed by atoms with Gasteiger partial charge in [0.15, 0.2) is 0 Å². The van der Waals surface area contributed by atoms with E-state index in [2.05, 4.69) is 31.5 Å². The predicted molar refractivity (Wildman–Crippen MR) is 87.1 cm³/mol. The van der Waals surface area contributed by atoms with Crippen molar-refractivity contribution in [3.63, 3.8) is 0 Å². The van der Waals surface area contributed by atoms with Crippen LogP contribution in [0.5, 0.6) is 0 Å². The molecule has 1 heterocycles. The standard InChI is InChI=1S/C17H11F2N5/c1-2-15-22-16(20-13-7-3-11(18)4-8-13)24-17(23-15)21-14-9-5-12(19)6-10-14/h1,3-10H,(H2,20,21,22,23,24). The molecule has 0 saturated heterocycles. The Hall–Kier alpha value is -3.53. The molecule has 0 amide bonds. The number of hydrogen-bond acceptors (Lipinski definition) is 5. The molecule has 3 rings (SSSR count). The number of hydrogen-bond donors (Lipinski definition) is 2. The fraction of sp³-hybridized carbons (Fsp3) is 0. The first-order valence-corrected chi connectivity index (χ1v) is 6.90. The lowest BCUT2D eigenvalue weighted by Gasteiger charge is -2.08. The SMILES string of the molecule is C#Cc1nc(Nc2ccc(F)cc2)nc(Nc2ccc(F)cc2)n1. The van der Waals surface area contributed by atoms with Gasteiger partial charge in [-0.1, -0.05) is 0 Å². The smallest absolute Gasteiger partial charge is 0.233 e. The van der Waals surface area contributed by atoms with Gasteiger partial charge in [0.05, 0.1) is 0 Å². The molecule has 7 heteroatoms. The van der Waals surface area contributed by atoms with E-state index in [1.165, 1.54) is 24.3 Å². The van der Waals surface area contributed by atoms with Crippen molar-refractivity contribution in [1.29, 1.82) is 0 Å². The Balaban J connectivity index is 1.86. The van der Waals surface area contributed by atoms with Crippen molar-refractivity contribution < 1.29 is 8.78 Å². The van der Waals surface area contributed by atoms with E-state index in [1.807, 2.05) is 0 Å². The van der Waals surface area contributed by atoms with Crippen molar-refractivity contribution in [2.45, 2.75) is 0 Å². The molecule has 2 N–H and O–H groups in total. The summed E-state index contributed by atoms with van der Waals surface area (Å²) in [5, 5.41) is 5.83. The second kappa shape index (κ2) is 6.71. The van der Waals surface area contributed by atoms with Gasteiger partial charge in [-0.15, -0.1) is 6.42 Å². The first kappa shape index (κ1) is 15.4. The van der Waals surface area contributed by atoms with Gasteiger partial charge in [0.1, 0.15) is 11.6 Å². The number of halogens is 2. The zero-order valence-corrected chi connectivity index (χ0v) is 12.3. The third kappa shape index (κ3) is 3.81. The molecular weight excluding hydrogens is 312 g/mol. The van der Waals surface area contributed by atoms with Crippen molar-refractivity contribution in [1.82, 2.24) is 15.0 Å². The summed E-state index contributed by atoms with van der Waals surface area (Å²) in [4.78, 5) is 12.3. The fourth-order valence-corrected chi connectivity index (χ4v) is 1.88. The molecule has 0 spiro atoms. The summed E-state index contributed by atoms with van der Waals surface area (Å²) in [6, 6.07) is 11.4. The average Bonchev–Trinajstić information content (AvgIpc) is 2.59. The third-order valence-corrected chi connectivity index (χ3v) is 2.97. The Labute approximate surface area is 136 Å². The van der Waals surface area contributed by atoms with E-state index in [0.717, 1.165) is 0 Å². The van der Waals surface area contributed by atoms with Crippen LogP contribution in [0.3, 0.4) is 0 Å². The maximum Gasteiger partial charge on any atom is 0.233 e. The molecule has 0 unspecified atom stereocenters. The number of benzene rings is 2. The number of nitrogens with zero attached hydrogens (tertiary/aromatic N) is 3. The van der Waals surface area contributed by atoms with Crippen LogP contribution in [-0.2, 0) is 0 Å². The van der Waals surface area contributed by atoms with Gasteiger partial charge < -0.3 is 10.6 Å². The van der Waals surface area contributed by atoms with E-state index in [1.54, 1.807) is 24.3 Å². The van der Waals surface area contributed by atoms with Crippen molar-refractivity contribution >= 4 is 23.3 Å². The Morgan fingerprint density at radius 2 is 1.12 bits per heavy atom. The maximum absolute atomic E-state index is 12.9. The van der Waals surface area contributed by atoms with Crippen molar-refractivity contribution in [2.24, 2.45) is 0 Å². The van der Waals surface area contributed by atoms with E-state index in [-0.39, 0.29) is 29.4 Å². The molecule has 0 aliphatic rings. The summed E-state index contributed by atoms with van der Waals surface area (Å²) in [6.45, 7) is 0. The molecule has 3 aromatic rings. The van der Waals surface area contributed by atoms with Crippen LogP contribution in [-0.4, -0.2) is 15.0 Å². The van der Waals surface area contributed by atoms with Gasteiger partial charge >= 0.3 is 0 Å². The van der Waals surface area contributed by atoms with Crippen LogP contribution >= 0.6 is 0 Å². The molecule has 0 bridgehead atoms. The largest absolute Gasteiger partial charge is 0.324 e. The zero-order chi connectivity index (χ0) is 16.9. The molecule has 0 aliphatic heterocycles. The summed E-state index contributed by atoms with van der Waals surface area (Å²) < 4.78 is 25.9. The quantitative estimate of drug-likeness (QED) is 0.718. The predicted octanol–water partition coefficient (Wildman–Crippen LogP) is 3.62. The monoisotopic (exact) mass is 323 g/mol. The summed E-state index contributed by atoms with van der Waals surface area (Å²) >= 11 is 0.